The lowest BCUT2D eigenvalue weighted by atomic mass is 9.93. The maximum absolute atomic E-state index is 4.54. The Morgan fingerprint density at radius 1 is 1.24 bits per heavy atom. The molecule has 2 aliphatic heterocycles. The standard InChI is InChI=1S/C19H34N6/c1-16-7-11-24(14-18(16)25-12-8-21-15-25)19(20-3)22-9-13-23-10-5-4-6-17(23)2/h8,12,15-18H,4-7,9-11,13-14H2,1-3H3,(H,20,22). The number of likely N-dealkylation sites (tertiary alicyclic amines) is 2. The van der Waals surface area contributed by atoms with Gasteiger partial charge in [0.05, 0.1) is 12.4 Å². The largest absolute Gasteiger partial charge is 0.355 e. The number of aliphatic imine (C=N–C) groups is 1. The minimum atomic E-state index is 0.469. The summed E-state index contributed by atoms with van der Waals surface area (Å²) >= 11 is 0. The van der Waals surface area contributed by atoms with E-state index in [0.717, 1.165) is 38.2 Å². The van der Waals surface area contributed by atoms with Crippen LogP contribution in [-0.4, -0.2) is 71.1 Å². The molecule has 0 aliphatic carbocycles. The zero-order valence-corrected chi connectivity index (χ0v) is 16.1. The van der Waals surface area contributed by atoms with E-state index in [1.165, 1.54) is 32.2 Å². The van der Waals surface area contributed by atoms with E-state index in [1.807, 2.05) is 19.6 Å². The van der Waals surface area contributed by atoms with Gasteiger partial charge in [0.1, 0.15) is 0 Å². The number of hydrogen-bond donors (Lipinski definition) is 1. The number of nitrogens with zero attached hydrogens (tertiary/aromatic N) is 5. The van der Waals surface area contributed by atoms with Gasteiger partial charge in [-0.1, -0.05) is 13.3 Å². The van der Waals surface area contributed by atoms with Crippen LogP contribution in [0.1, 0.15) is 45.6 Å². The summed E-state index contributed by atoms with van der Waals surface area (Å²) in [7, 11) is 1.90. The SMILES string of the molecule is CN=C(NCCN1CCCCC1C)N1CCC(C)C(n2ccnc2)C1. The smallest absolute Gasteiger partial charge is 0.193 e. The molecule has 25 heavy (non-hydrogen) atoms. The second kappa shape index (κ2) is 8.70. The van der Waals surface area contributed by atoms with Crippen molar-refractivity contribution in [3.8, 4) is 0 Å². The van der Waals surface area contributed by atoms with Crippen LogP contribution in [0.15, 0.2) is 23.7 Å². The molecule has 1 N–H and O–H groups in total. The lowest BCUT2D eigenvalue weighted by molar-refractivity contribution is 0.161. The minimum absolute atomic E-state index is 0.469. The maximum Gasteiger partial charge on any atom is 0.193 e. The zero-order valence-electron chi connectivity index (χ0n) is 16.1. The van der Waals surface area contributed by atoms with Crippen LogP contribution in [0.2, 0.25) is 0 Å². The number of imidazole rings is 1. The highest BCUT2D eigenvalue weighted by molar-refractivity contribution is 5.80. The second-order valence-electron chi connectivity index (χ2n) is 7.64. The Labute approximate surface area is 152 Å². The van der Waals surface area contributed by atoms with Crippen molar-refractivity contribution in [3.05, 3.63) is 18.7 Å². The Morgan fingerprint density at radius 2 is 2.12 bits per heavy atom. The van der Waals surface area contributed by atoms with E-state index in [9.17, 15) is 0 Å². The third kappa shape index (κ3) is 4.54. The van der Waals surface area contributed by atoms with Gasteiger partial charge >= 0.3 is 0 Å². The summed E-state index contributed by atoms with van der Waals surface area (Å²) in [6.45, 7) is 10.1. The summed E-state index contributed by atoms with van der Waals surface area (Å²) < 4.78 is 2.25. The molecule has 6 heteroatoms. The molecule has 0 saturated carbocycles. The van der Waals surface area contributed by atoms with Crippen molar-refractivity contribution in [1.29, 1.82) is 0 Å². The van der Waals surface area contributed by atoms with Crippen LogP contribution < -0.4 is 5.32 Å². The number of piperidine rings is 2. The number of aromatic nitrogens is 2. The van der Waals surface area contributed by atoms with Crippen LogP contribution in [-0.2, 0) is 0 Å². The number of guanidine groups is 1. The van der Waals surface area contributed by atoms with Crippen molar-refractivity contribution in [2.45, 2.75) is 51.6 Å². The summed E-state index contributed by atoms with van der Waals surface area (Å²) in [5.41, 5.74) is 0. The first-order valence-corrected chi connectivity index (χ1v) is 9.86. The molecule has 3 heterocycles. The van der Waals surface area contributed by atoms with E-state index in [0.29, 0.717) is 12.0 Å². The summed E-state index contributed by atoms with van der Waals surface area (Å²) in [5.74, 6) is 1.71. The molecular weight excluding hydrogens is 312 g/mol. The van der Waals surface area contributed by atoms with Gasteiger partial charge in [-0.2, -0.15) is 0 Å². The van der Waals surface area contributed by atoms with Gasteiger partial charge in [0.2, 0.25) is 0 Å². The molecule has 0 spiro atoms. The van der Waals surface area contributed by atoms with E-state index >= 15 is 0 Å². The first kappa shape index (κ1) is 18.2. The van der Waals surface area contributed by atoms with Crippen LogP contribution in [0.5, 0.6) is 0 Å². The van der Waals surface area contributed by atoms with Gasteiger partial charge in [0, 0.05) is 51.7 Å². The molecule has 1 aromatic heterocycles. The van der Waals surface area contributed by atoms with Crippen LogP contribution in [0, 0.1) is 5.92 Å². The van der Waals surface area contributed by atoms with Gasteiger partial charge in [-0.3, -0.25) is 9.89 Å². The molecule has 3 atom stereocenters. The van der Waals surface area contributed by atoms with Crippen molar-refractivity contribution in [2.24, 2.45) is 10.9 Å². The third-order valence-electron chi connectivity index (χ3n) is 5.96. The van der Waals surface area contributed by atoms with Gasteiger partial charge in [0.25, 0.3) is 0 Å². The van der Waals surface area contributed by atoms with Gasteiger partial charge in [0.15, 0.2) is 5.96 Å². The van der Waals surface area contributed by atoms with Crippen LogP contribution in [0.25, 0.3) is 0 Å². The lowest BCUT2D eigenvalue weighted by Crippen LogP contribution is -2.50. The zero-order chi connectivity index (χ0) is 17.6. The summed E-state index contributed by atoms with van der Waals surface area (Å²) in [6.07, 6.45) is 11.2. The molecule has 3 unspecified atom stereocenters. The first-order chi connectivity index (χ1) is 12.2. The van der Waals surface area contributed by atoms with Crippen LogP contribution in [0.4, 0.5) is 0 Å². The Morgan fingerprint density at radius 3 is 2.84 bits per heavy atom. The minimum Gasteiger partial charge on any atom is -0.355 e. The van der Waals surface area contributed by atoms with Gasteiger partial charge in [-0.25, -0.2) is 4.98 Å². The van der Waals surface area contributed by atoms with Crippen molar-refractivity contribution in [1.82, 2.24) is 24.7 Å². The lowest BCUT2D eigenvalue weighted by Gasteiger charge is -2.39. The summed E-state index contributed by atoms with van der Waals surface area (Å²) in [4.78, 5) is 13.8. The molecule has 2 aliphatic rings. The summed E-state index contributed by atoms with van der Waals surface area (Å²) in [6, 6.07) is 1.19. The molecule has 2 fully saturated rings. The Hall–Kier alpha value is -1.56. The Kier molecular flexibility index (Phi) is 6.34. The predicted molar refractivity (Wildman–Crippen MR) is 103 cm³/mol. The van der Waals surface area contributed by atoms with E-state index in [1.54, 1.807) is 0 Å². The fraction of sp³-hybridized carbons (Fsp3) is 0.789. The monoisotopic (exact) mass is 346 g/mol. The van der Waals surface area contributed by atoms with Crippen molar-refractivity contribution in [2.75, 3.05) is 39.8 Å². The van der Waals surface area contributed by atoms with Gasteiger partial charge < -0.3 is 14.8 Å². The highest BCUT2D eigenvalue weighted by Gasteiger charge is 2.29. The molecule has 0 aromatic carbocycles. The number of hydrogen-bond acceptors (Lipinski definition) is 3. The highest BCUT2D eigenvalue weighted by atomic mass is 15.3. The highest BCUT2D eigenvalue weighted by Crippen LogP contribution is 2.27. The first-order valence-electron chi connectivity index (χ1n) is 9.86. The van der Waals surface area contributed by atoms with E-state index < -0.39 is 0 Å². The van der Waals surface area contributed by atoms with E-state index in [-0.39, 0.29) is 0 Å². The quantitative estimate of drug-likeness (QED) is 0.671. The van der Waals surface area contributed by atoms with Crippen LogP contribution in [0.3, 0.4) is 0 Å². The molecular formula is C19H34N6. The maximum atomic E-state index is 4.54. The summed E-state index contributed by atoms with van der Waals surface area (Å²) in [5, 5.41) is 3.60. The topological polar surface area (TPSA) is 48.7 Å². The van der Waals surface area contributed by atoms with E-state index in [4.69, 9.17) is 0 Å². The van der Waals surface area contributed by atoms with Crippen molar-refractivity contribution in [3.63, 3.8) is 0 Å². The van der Waals surface area contributed by atoms with E-state index in [2.05, 4.69) is 49.7 Å². The molecule has 0 radical (unpaired) electrons. The third-order valence-corrected chi connectivity index (χ3v) is 5.96. The molecule has 0 amide bonds. The molecule has 3 rings (SSSR count). The average molecular weight is 347 g/mol. The number of nitrogens with one attached hydrogen (secondary N) is 1. The van der Waals surface area contributed by atoms with Crippen molar-refractivity contribution < 1.29 is 0 Å². The average Bonchev–Trinajstić information content (AvgIpc) is 3.15. The Balaban J connectivity index is 1.52. The van der Waals surface area contributed by atoms with Crippen LogP contribution >= 0.6 is 0 Å². The molecule has 6 nitrogen and oxygen atoms in total. The van der Waals surface area contributed by atoms with Gasteiger partial charge in [-0.15, -0.1) is 0 Å². The fourth-order valence-electron chi connectivity index (χ4n) is 4.23. The fourth-order valence-corrected chi connectivity index (χ4v) is 4.23. The second-order valence-corrected chi connectivity index (χ2v) is 7.64. The number of rotatable bonds is 4. The predicted octanol–water partition coefficient (Wildman–Crippen LogP) is 2.22. The van der Waals surface area contributed by atoms with Crippen molar-refractivity contribution >= 4 is 5.96 Å². The Bertz CT molecular complexity index is 540. The molecule has 0 bridgehead atoms. The molecule has 1 aromatic rings. The van der Waals surface area contributed by atoms with Gasteiger partial charge in [-0.05, 0) is 38.6 Å². The normalized spacial score (nSPS) is 29.0. The molecule has 140 valence electrons. The molecule has 2 saturated heterocycles.